The van der Waals surface area contributed by atoms with Crippen LogP contribution in [0.15, 0.2) is 18.3 Å². The van der Waals surface area contributed by atoms with E-state index in [1.54, 1.807) is 6.07 Å². The molecule has 0 aromatic carbocycles. The quantitative estimate of drug-likeness (QED) is 0.890. The van der Waals surface area contributed by atoms with Gasteiger partial charge in [-0.25, -0.2) is 9.37 Å². The predicted octanol–water partition coefficient (Wildman–Crippen LogP) is 2.04. The van der Waals surface area contributed by atoms with Gasteiger partial charge in [0, 0.05) is 32.3 Å². The summed E-state index contributed by atoms with van der Waals surface area (Å²) in [5, 5.41) is 2.85. The van der Waals surface area contributed by atoms with Crippen LogP contribution < -0.4 is 5.32 Å². The van der Waals surface area contributed by atoms with E-state index in [2.05, 4.69) is 10.3 Å². The first-order valence-electron chi connectivity index (χ1n) is 6.39. The minimum Gasteiger partial charge on any atom is -0.367 e. The van der Waals surface area contributed by atoms with E-state index in [9.17, 15) is 9.18 Å². The molecule has 1 aromatic rings. The standard InChI is InChI=1S/C13H18FN3O/c14-11-5-4-7-15-13(11)16-8-6-12(18)17-9-2-1-3-10-17/h4-5,7H,1-3,6,8-10H2,(H,15,16). The molecule has 1 aromatic heterocycles. The highest BCUT2D eigenvalue weighted by Crippen LogP contribution is 2.11. The molecule has 1 amide bonds. The maximum atomic E-state index is 13.2. The van der Waals surface area contributed by atoms with Crippen LogP contribution in [0.25, 0.3) is 0 Å². The molecule has 0 saturated carbocycles. The third kappa shape index (κ3) is 3.42. The summed E-state index contributed by atoms with van der Waals surface area (Å²) < 4.78 is 13.2. The minimum atomic E-state index is -0.386. The molecule has 2 rings (SSSR count). The lowest BCUT2D eigenvalue weighted by Gasteiger charge is -2.26. The lowest BCUT2D eigenvalue weighted by Crippen LogP contribution is -2.36. The SMILES string of the molecule is O=C(CCNc1ncccc1F)N1CCCCC1. The first-order valence-corrected chi connectivity index (χ1v) is 6.39. The van der Waals surface area contributed by atoms with Crippen LogP contribution in [0.4, 0.5) is 10.2 Å². The lowest BCUT2D eigenvalue weighted by molar-refractivity contribution is -0.131. The summed E-state index contributed by atoms with van der Waals surface area (Å²) in [5.41, 5.74) is 0. The minimum absolute atomic E-state index is 0.138. The number of nitrogens with zero attached hydrogens (tertiary/aromatic N) is 2. The fraction of sp³-hybridized carbons (Fsp3) is 0.538. The molecule has 0 aliphatic carbocycles. The van der Waals surface area contributed by atoms with Crippen LogP contribution in [-0.2, 0) is 4.79 Å². The number of carbonyl (C=O) groups excluding carboxylic acids is 1. The third-order valence-electron chi connectivity index (χ3n) is 3.10. The van der Waals surface area contributed by atoms with Crippen molar-refractivity contribution in [3.05, 3.63) is 24.1 Å². The number of hydrogen-bond acceptors (Lipinski definition) is 3. The number of halogens is 1. The predicted molar refractivity (Wildman–Crippen MR) is 67.7 cm³/mol. The summed E-state index contributed by atoms with van der Waals surface area (Å²) in [7, 11) is 0. The van der Waals surface area contributed by atoms with Gasteiger partial charge in [0.2, 0.25) is 5.91 Å². The van der Waals surface area contributed by atoms with Gasteiger partial charge in [-0.1, -0.05) is 0 Å². The number of rotatable bonds is 4. The van der Waals surface area contributed by atoms with Crippen LogP contribution in [0.2, 0.25) is 0 Å². The van der Waals surface area contributed by atoms with Gasteiger partial charge in [0.25, 0.3) is 0 Å². The molecule has 1 aliphatic heterocycles. The Hall–Kier alpha value is -1.65. The Morgan fingerprint density at radius 3 is 2.89 bits per heavy atom. The fourth-order valence-corrected chi connectivity index (χ4v) is 2.11. The van der Waals surface area contributed by atoms with E-state index in [4.69, 9.17) is 0 Å². The van der Waals surface area contributed by atoms with Gasteiger partial charge in [-0.3, -0.25) is 4.79 Å². The highest BCUT2D eigenvalue weighted by Gasteiger charge is 2.15. The fourth-order valence-electron chi connectivity index (χ4n) is 2.11. The number of nitrogens with one attached hydrogen (secondary N) is 1. The van der Waals surface area contributed by atoms with Crippen molar-refractivity contribution in [3.63, 3.8) is 0 Å². The molecule has 1 fully saturated rings. The number of aromatic nitrogens is 1. The number of hydrogen-bond donors (Lipinski definition) is 1. The zero-order valence-electron chi connectivity index (χ0n) is 10.4. The van der Waals surface area contributed by atoms with Gasteiger partial charge in [0.15, 0.2) is 11.6 Å². The molecule has 0 spiro atoms. The largest absolute Gasteiger partial charge is 0.367 e. The normalized spacial score (nSPS) is 15.5. The van der Waals surface area contributed by atoms with Gasteiger partial charge in [-0.15, -0.1) is 0 Å². The van der Waals surface area contributed by atoms with Crippen LogP contribution in [0.3, 0.4) is 0 Å². The number of carbonyl (C=O) groups is 1. The van der Waals surface area contributed by atoms with Gasteiger partial charge in [-0.05, 0) is 31.4 Å². The van der Waals surface area contributed by atoms with Crippen LogP contribution >= 0.6 is 0 Å². The Morgan fingerprint density at radius 2 is 2.17 bits per heavy atom. The molecule has 2 heterocycles. The summed E-state index contributed by atoms with van der Waals surface area (Å²) in [6.07, 6.45) is 5.30. The highest BCUT2D eigenvalue weighted by molar-refractivity contribution is 5.76. The second-order valence-corrected chi connectivity index (χ2v) is 4.45. The van der Waals surface area contributed by atoms with Crippen LogP contribution in [0.5, 0.6) is 0 Å². The third-order valence-corrected chi connectivity index (χ3v) is 3.10. The van der Waals surface area contributed by atoms with E-state index in [0.717, 1.165) is 25.9 Å². The molecular formula is C13H18FN3O. The van der Waals surface area contributed by atoms with Crippen molar-refractivity contribution in [2.24, 2.45) is 0 Å². The summed E-state index contributed by atoms with van der Waals surface area (Å²) in [5.74, 6) is -0.0367. The molecule has 1 aliphatic rings. The maximum absolute atomic E-state index is 13.2. The molecule has 1 saturated heterocycles. The second kappa shape index (κ2) is 6.33. The van der Waals surface area contributed by atoms with E-state index in [1.165, 1.54) is 18.7 Å². The molecule has 0 atom stereocenters. The summed E-state index contributed by atoms with van der Waals surface area (Å²) in [6, 6.07) is 2.89. The zero-order valence-corrected chi connectivity index (χ0v) is 10.4. The van der Waals surface area contributed by atoms with Crippen molar-refractivity contribution in [3.8, 4) is 0 Å². The number of piperidine rings is 1. The van der Waals surface area contributed by atoms with Crippen molar-refractivity contribution >= 4 is 11.7 Å². The zero-order chi connectivity index (χ0) is 12.8. The molecule has 1 N–H and O–H groups in total. The van der Waals surface area contributed by atoms with Gasteiger partial charge >= 0.3 is 0 Å². The van der Waals surface area contributed by atoms with Crippen molar-refractivity contribution in [1.82, 2.24) is 9.88 Å². The Morgan fingerprint density at radius 1 is 1.39 bits per heavy atom. The topological polar surface area (TPSA) is 45.2 Å². The summed E-state index contributed by atoms with van der Waals surface area (Å²) in [4.78, 5) is 17.6. The first kappa shape index (κ1) is 12.8. The maximum Gasteiger partial charge on any atom is 0.224 e. The summed E-state index contributed by atoms with van der Waals surface area (Å²) in [6.45, 7) is 2.14. The van der Waals surface area contributed by atoms with Gasteiger partial charge in [0.1, 0.15) is 0 Å². The number of likely N-dealkylation sites (tertiary alicyclic amines) is 1. The van der Waals surface area contributed by atoms with Crippen molar-refractivity contribution in [2.75, 3.05) is 25.0 Å². The van der Waals surface area contributed by atoms with Gasteiger partial charge < -0.3 is 10.2 Å². The second-order valence-electron chi connectivity index (χ2n) is 4.45. The Kier molecular flexibility index (Phi) is 4.50. The molecule has 5 heteroatoms. The molecule has 18 heavy (non-hydrogen) atoms. The van der Waals surface area contributed by atoms with E-state index in [1.807, 2.05) is 4.90 Å². The molecular weight excluding hydrogens is 233 g/mol. The van der Waals surface area contributed by atoms with Crippen LogP contribution in [-0.4, -0.2) is 35.4 Å². The Labute approximate surface area is 106 Å². The molecule has 0 bridgehead atoms. The smallest absolute Gasteiger partial charge is 0.224 e. The average Bonchev–Trinajstić information content (AvgIpc) is 2.42. The Balaban J connectivity index is 1.75. The van der Waals surface area contributed by atoms with Crippen LogP contribution in [0, 0.1) is 5.82 Å². The van der Waals surface area contributed by atoms with Crippen molar-refractivity contribution in [2.45, 2.75) is 25.7 Å². The number of pyridine rings is 1. The number of anilines is 1. The van der Waals surface area contributed by atoms with Gasteiger partial charge in [-0.2, -0.15) is 0 Å². The molecule has 0 radical (unpaired) electrons. The van der Waals surface area contributed by atoms with E-state index in [-0.39, 0.29) is 17.5 Å². The monoisotopic (exact) mass is 251 g/mol. The van der Waals surface area contributed by atoms with Crippen molar-refractivity contribution in [1.29, 1.82) is 0 Å². The molecule has 0 unspecified atom stereocenters. The van der Waals surface area contributed by atoms with E-state index < -0.39 is 0 Å². The number of amides is 1. The van der Waals surface area contributed by atoms with Crippen molar-refractivity contribution < 1.29 is 9.18 Å². The molecule has 98 valence electrons. The summed E-state index contributed by atoms with van der Waals surface area (Å²) >= 11 is 0. The lowest BCUT2D eigenvalue weighted by atomic mass is 10.1. The first-order chi connectivity index (χ1) is 8.77. The highest BCUT2D eigenvalue weighted by atomic mass is 19.1. The molecule has 4 nitrogen and oxygen atoms in total. The van der Waals surface area contributed by atoms with Crippen LogP contribution in [0.1, 0.15) is 25.7 Å². The van der Waals surface area contributed by atoms with Gasteiger partial charge in [0.05, 0.1) is 0 Å². The Bertz CT molecular complexity index is 405. The van der Waals surface area contributed by atoms with E-state index in [0.29, 0.717) is 13.0 Å². The average molecular weight is 251 g/mol. The van der Waals surface area contributed by atoms with E-state index >= 15 is 0 Å².